The molecule has 1 aliphatic heterocycles. The Labute approximate surface area is 154 Å². The fourth-order valence-corrected chi connectivity index (χ4v) is 2.97. The number of carbonyl (C=O) groups is 2. The second-order valence-corrected chi connectivity index (χ2v) is 6.65. The van der Waals surface area contributed by atoms with Gasteiger partial charge in [-0.3, -0.25) is 9.59 Å². The lowest BCUT2D eigenvalue weighted by atomic mass is 10.0. The number of fused-ring (bicyclic) bond motifs is 1. The summed E-state index contributed by atoms with van der Waals surface area (Å²) in [6.07, 6.45) is 1.19. The first-order valence-electron chi connectivity index (χ1n) is 7.65. The van der Waals surface area contributed by atoms with Gasteiger partial charge in [-0.1, -0.05) is 23.7 Å². The Kier molecular flexibility index (Phi) is 4.92. The smallest absolute Gasteiger partial charge is 0.325 e. The second kappa shape index (κ2) is 6.98. The number of nitrogens with zero attached hydrogens (tertiary/aromatic N) is 3. The number of ether oxygens (including phenoxy) is 1. The zero-order chi connectivity index (χ0) is 18.1. The highest BCUT2D eigenvalue weighted by atomic mass is 35.5. The molecule has 0 unspecified atom stereocenters. The van der Waals surface area contributed by atoms with Crippen LogP contribution in [0.3, 0.4) is 0 Å². The Hall–Kier alpha value is -2.18. The maximum atomic E-state index is 12.6. The Morgan fingerprint density at radius 2 is 2.12 bits per heavy atom. The molecule has 0 N–H and O–H groups in total. The molecule has 1 aromatic carbocycles. The minimum Gasteiger partial charge on any atom is -0.462 e. The molecule has 130 valence electrons. The predicted molar refractivity (Wildman–Crippen MR) is 93.5 cm³/mol. The quantitative estimate of drug-likeness (QED) is 0.601. The molecule has 0 aliphatic carbocycles. The summed E-state index contributed by atoms with van der Waals surface area (Å²) < 4.78 is 5.10. The van der Waals surface area contributed by atoms with Crippen LogP contribution in [0.1, 0.15) is 29.8 Å². The number of halogens is 2. The SMILES string of the molecule is CC(C)OC(=O)CN1Cc2ccc(-c3nc(Cl)ncc3Cl)cc2C1=O. The van der Waals surface area contributed by atoms with Gasteiger partial charge in [0.1, 0.15) is 6.54 Å². The van der Waals surface area contributed by atoms with E-state index in [4.69, 9.17) is 27.9 Å². The molecule has 1 amide bonds. The maximum absolute atomic E-state index is 12.6. The number of rotatable bonds is 4. The first-order chi connectivity index (χ1) is 11.8. The van der Waals surface area contributed by atoms with Crippen molar-refractivity contribution in [3.05, 3.63) is 45.8 Å². The van der Waals surface area contributed by atoms with Crippen molar-refractivity contribution in [1.82, 2.24) is 14.9 Å². The van der Waals surface area contributed by atoms with Crippen molar-refractivity contribution in [3.8, 4) is 11.3 Å². The molecular weight excluding hydrogens is 365 g/mol. The Bertz CT molecular complexity index is 855. The molecule has 3 rings (SSSR count). The molecule has 0 saturated heterocycles. The van der Waals surface area contributed by atoms with Crippen LogP contribution >= 0.6 is 23.2 Å². The Morgan fingerprint density at radius 1 is 1.36 bits per heavy atom. The number of benzene rings is 1. The van der Waals surface area contributed by atoms with Crippen molar-refractivity contribution in [2.45, 2.75) is 26.5 Å². The van der Waals surface area contributed by atoms with Crippen LogP contribution in [-0.4, -0.2) is 39.4 Å². The van der Waals surface area contributed by atoms with Crippen LogP contribution in [0.2, 0.25) is 10.3 Å². The molecule has 1 aliphatic rings. The molecule has 8 heteroatoms. The van der Waals surface area contributed by atoms with Gasteiger partial charge in [0, 0.05) is 17.7 Å². The largest absolute Gasteiger partial charge is 0.462 e. The summed E-state index contributed by atoms with van der Waals surface area (Å²) in [6.45, 7) is 3.81. The molecule has 0 bridgehead atoms. The fraction of sp³-hybridized carbons (Fsp3) is 0.294. The van der Waals surface area contributed by atoms with E-state index < -0.39 is 5.97 Å². The molecule has 6 nitrogen and oxygen atoms in total. The lowest BCUT2D eigenvalue weighted by Crippen LogP contribution is -2.32. The predicted octanol–water partition coefficient (Wildman–Crippen LogP) is 3.36. The number of amides is 1. The zero-order valence-electron chi connectivity index (χ0n) is 13.6. The fourth-order valence-electron chi connectivity index (χ4n) is 2.64. The van der Waals surface area contributed by atoms with Gasteiger partial charge in [0.25, 0.3) is 5.91 Å². The minimum absolute atomic E-state index is 0.0734. The van der Waals surface area contributed by atoms with E-state index >= 15 is 0 Å². The van der Waals surface area contributed by atoms with Gasteiger partial charge in [0.2, 0.25) is 5.28 Å². The molecule has 25 heavy (non-hydrogen) atoms. The molecule has 2 heterocycles. The molecule has 1 aromatic heterocycles. The lowest BCUT2D eigenvalue weighted by Gasteiger charge is -2.15. The number of hydrogen-bond acceptors (Lipinski definition) is 5. The van der Waals surface area contributed by atoms with Crippen molar-refractivity contribution in [3.63, 3.8) is 0 Å². The van der Waals surface area contributed by atoms with E-state index in [9.17, 15) is 9.59 Å². The highest BCUT2D eigenvalue weighted by Gasteiger charge is 2.30. The summed E-state index contributed by atoms with van der Waals surface area (Å²) in [5.41, 5.74) is 2.46. The molecule has 0 fully saturated rings. The van der Waals surface area contributed by atoms with E-state index in [2.05, 4.69) is 9.97 Å². The van der Waals surface area contributed by atoms with Crippen LogP contribution in [-0.2, 0) is 16.1 Å². The van der Waals surface area contributed by atoms with Gasteiger partial charge in [-0.15, -0.1) is 0 Å². The molecule has 0 spiro atoms. The van der Waals surface area contributed by atoms with E-state index in [1.807, 2.05) is 12.1 Å². The maximum Gasteiger partial charge on any atom is 0.325 e. The Morgan fingerprint density at radius 3 is 2.84 bits per heavy atom. The monoisotopic (exact) mass is 379 g/mol. The summed E-state index contributed by atoms with van der Waals surface area (Å²) in [7, 11) is 0. The third-order valence-electron chi connectivity index (χ3n) is 3.66. The summed E-state index contributed by atoms with van der Waals surface area (Å²) >= 11 is 12.0. The lowest BCUT2D eigenvalue weighted by molar-refractivity contribution is -0.148. The van der Waals surface area contributed by atoms with Crippen molar-refractivity contribution >= 4 is 35.1 Å². The van der Waals surface area contributed by atoms with E-state index in [1.165, 1.54) is 11.1 Å². The highest BCUT2D eigenvalue weighted by Crippen LogP contribution is 2.31. The first-order valence-corrected chi connectivity index (χ1v) is 8.41. The average Bonchev–Trinajstić information content (AvgIpc) is 2.84. The average molecular weight is 380 g/mol. The van der Waals surface area contributed by atoms with E-state index in [0.717, 1.165) is 5.56 Å². The van der Waals surface area contributed by atoms with Gasteiger partial charge in [-0.05, 0) is 37.1 Å². The van der Waals surface area contributed by atoms with E-state index in [1.54, 1.807) is 19.9 Å². The normalized spacial score (nSPS) is 13.3. The third-order valence-corrected chi connectivity index (χ3v) is 4.12. The van der Waals surface area contributed by atoms with Crippen molar-refractivity contribution < 1.29 is 14.3 Å². The molecule has 0 saturated carbocycles. The van der Waals surface area contributed by atoms with Crippen molar-refractivity contribution in [2.75, 3.05) is 6.54 Å². The van der Waals surface area contributed by atoms with Gasteiger partial charge in [0.15, 0.2) is 0 Å². The zero-order valence-corrected chi connectivity index (χ0v) is 15.1. The topological polar surface area (TPSA) is 72.4 Å². The third kappa shape index (κ3) is 3.75. The van der Waals surface area contributed by atoms with Crippen molar-refractivity contribution in [2.24, 2.45) is 0 Å². The minimum atomic E-state index is -0.429. The van der Waals surface area contributed by atoms with Gasteiger partial charge in [-0.2, -0.15) is 0 Å². The van der Waals surface area contributed by atoms with Crippen LogP contribution in [0.4, 0.5) is 0 Å². The van der Waals surface area contributed by atoms with Crippen LogP contribution in [0.15, 0.2) is 24.4 Å². The first kappa shape index (κ1) is 17.6. The number of carbonyl (C=O) groups excluding carboxylic acids is 2. The number of esters is 1. The van der Waals surface area contributed by atoms with Crippen LogP contribution in [0, 0.1) is 0 Å². The highest BCUT2D eigenvalue weighted by molar-refractivity contribution is 6.33. The van der Waals surface area contributed by atoms with E-state index in [-0.39, 0.29) is 23.8 Å². The summed E-state index contributed by atoms with van der Waals surface area (Å²) in [6, 6.07) is 5.34. The summed E-state index contributed by atoms with van der Waals surface area (Å²) in [5, 5.41) is 0.413. The second-order valence-electron chi connectivity index (χ2n) is 5.91. The van der Waals surface area contributed by atoms with Gasteiger partial charge >= 0.3 is 5.97 Å². The molecule has 0 radical (unpaired) electrons. The van der Waals surface area contributed by atoms with Crippen molar-refractivity contribution in [1.29, 1.82) is 0 Å². The standard InChI is InChI=1S/C17H15Cl2N3O3/c1-9(2)25-14(23)8-22-7-11-4-3-10(5-12(11)16(22)24)15-13(18)6-20-17(19)21-15/h3-6,9H,7-8H2,1-2H3. The van der Waals surface area contributed by atoms with Crippen LogP contribution < -0.4 is 0 Å². The summed E-state index contributed by atoms with van der Waals surface area (Å²) in [4.78, 5) is 33.8. The van der Waals surface area contributed by atoms with Crippen LogP contribution in [0.25, 0.3) is 11.3 Å². The molecule has 0 atom stereocenters. The van der Waals surface area contributed by atoms with Gasteiger partial charge in [-0.25, -0.2) is 9.97 Å². The van der Waals surface area contributed by atoms with Gasteiger partial charge in [0.05, 0.1) is 23.0 Å². The molecular formula is C17H15Cl2N3O3. The number of aromatic nitrogens is 2. The van der Waals surface area contributed by atoms with E-state index in [0.29, 0.717) is 28.4 Å². The molecule has 2 aromatic rings. The van der Waals surface area contributed by atoms with Gasteiger partial charge < -0.3 is 9.64 Å². The summed E-state index contributed by atoms with van der Waals surface area (Å²) in [5.74, 6) is -0.657. The number of hydrogen-bond donors (Lipinski definition) is 0. The Balaban J connectivity index is 1.85. The van der Waals surface area contributed by atoms with Crippen LogP contribution in [0.5, 0.6) is 0 Å².